The van der Waals surface area contributed by atoms with Gasteiger partial charge in [-0.15, -0.1) is 0 Å². The highest BCUT2D eigenvalue weighted by molar-refractivity contribution is 7.89. The van der Waals surface area contributed by atoms with Crippen LogP contribution in [0.1, 0.15) is 5.56 Å². The standard InChI is InChI=1S/C13H19N3O3S/c1-11-2-4-12(5-3-11)20(18,19)15-10-13(17)16-8-6-14-7-9-16/h2-5,14-15H,6-10H2,1H3. The predicted molar refractivity (Wildman–Crippen MR) is 75.8 cm³/mol. The molecule has 6 nitrogen and oxygen atoms in total. The van der Waals surface area contributed by atoms with Gasteiger partial charge in [0, 0.05) is 26.2 Å². The highest BCUT2D eigenvalue weighted by Crippen LogP contribution is 2.09. The normalized spacial score (nSPS) is 16.1. The largest absolute Gasteiger partial charge is 0.339 e. The molecule has 1 saturated heterocycles. The molecule has 0 aromatic heterocycles. The lowest BCUT2D eigenvalue weighted by Crippen LogP contribution is -2.49. The second kappa shape index (κ2) is 6.34. The van der Waals surface area contributed by atoms with Crippen molar-refractivity contribution in [2.24, 2.45) is 0 Å². The zero-order valence-corrected chi connectivity index (χ0v) is 12.2. The lowest BCUT2D eigenvalue weighted by atomic mass is 10.2. The van der Waals surface area contributed by atoms with Crippen LogP contribution in [0.25, 0.3) is 0 Å². The summed E-state index contributed by atoms with van der Waals surface area (Å²) >= 11 is 0. The third-order valence-corrected chi connectivity index (χ3v) is 4.63. The Kier molecular flexibility index (Phi) is 4.74. The van der Waals surface area contributed by atoms with Gasteiger partial charge >= 0.3 is 0 Å². The first-order chi connectivity index (χ1) is 9.49. The van der Waals surface area contributed by atoms with Crippen molar-refractivity contribution in [3.05, 3.63) is 29.8 Å². The average molecular weight is 297 g/mol. The maximum absolute atomic E-state index is 12.0. The van der Waals surface area contributed by atoms with E-state index in [9.17, 15) is 13.2 Å². The lowest BCUT2D eigenvalue weighted by Gasteiger charge is -2.27. The van der Waals surface area contributed by atoms with Gasteiger partial charge in [0.1, 0.15) is 0 Å². The van der Waals surface area contributed by atoms with Crippen LogP contribution in [0.5, 0.6) is 0 Å². The van der Waals surface area contributed by atoms with Gasteiger partial charge in [-0.2, -0.15) is 0 Å². The molecule has 1 aliphatic heterocycles. The highest BCUT2D eigenvalue weighted by Gasteiger charge is 2.19. The average Bonchev–Trinajstić information content (AvgIpc) is 2.46. The van der Waals surface area contributed by atoms with Crippen molar-refractivity contribution in [1.82, 2.24) is 14.9 Å². The Labute approximate surface area is 119 Å². The Hall–Kier alpha value is -1.44. The first-order valence-electron chi connectivity index (χ1n) is 6.54. The summed E-state index contributed by atoms with van der Waals surface area (Å²) in [6.07, 6.45) is 0. The van der Waals surface area contributed by atoms with Gasteiger partial charge in [-0.3, -0.25) is 4.79 Å². The van der Waals surface area contributed by atoms with E-state index in [-0.39, 0.29) is 17.3 Å². The molecule has 7 heteroatoms. The van der Waals surface area contributed by atoms with Crippen molar-refractivity contribution in [2.45, 2.75) is 11.8 Å². The number of hydrogen-bond donors (Lipinski definition) is 2. The van der Waals surface area contributed by atoms with Crippen molar-refractivity contribution >= 4 is 15.9 Å². The molecule has 2 N–H and O–H groups in total. The minimum absolute atomic E-state index is 0.177. The zero-order chi connectivity index (χ0) is 14.6. The Morgan fingerprint density at radius 3 is 2.45 bits per heavy atom. The van der Waals surface area contributed by atoms with Gasteiger partial charge in [-0.25, -0.2) is 13.1 Å². The maximum atomic E-state index is 12.0. The molecule has 1 aliphatic rings. The number of sulfonamides is 1. The van der Waals surface area contributed by atoms with Crippen molar-refractivity contribution in [3.63, 3.8) is 0 Å². The molecule has 20 heavy (non-hydrogen) atoms. The molecule has 0 saturated carbocycles. The van der Waals surface area contributed by atoms with E-state index in [0.29, 0.717) is 13.1 Å². The maximum Gasteiger partial charge on any atom is 0.241 e. The number of amides is 1. The van der Waals surface area contributed by atoms with Crippen LogP contribution in [0.15, 0.2) is 29.2 Å². The van der Waals surface area contributed by atoms with E-state index < -0.39 is 10.0 Å². The summed E-state index contributed by atoms with van der Waals surface area (Å²) < 4.78 is 26.4. The molecule has 1 fully saturated rings. The number of piperazine rings is 1. The van der Waals surface area contributed by atoms with Crippen molar-refractivity contribution < 1.29 is 13.2 Å². The minimum atomic E-state index is -3.62. The fourth-order valence-electron chi connectivity index (χ4n) is 1.98. The summed E-state index contributed by atoms with van der Waals surface area (Å²) in [5.41, 5.74) is 0.987. The van der Waals surface area contributed by atoms with Gasteiger partial charge < -0.3 is 10.2 Å². The number of hydrogen-bond acceptors (Lipinski definition) is 4. The summed E-state index contributed by atoms with van der Waals surface area (Å²) in [6.45, 7) is 4.41. The Morgan fingerprint density at radius 2 is 1.85 bits per heavy atom. The van der Waals surface area contributed by atoms with E-state index >= 15 is 0 Å². The number of rotatable bonds is 4. The highest BCUT2D eigenvalue weighted by atomic mass is 32.2. The number of aryl methyl sites for hydroxylation is 1. The van der Waals surface area contributed by atoms with Gasteiger partial charge in [-0.05, 0) is 19.1 Å². The number of carbonyl (C=O) groups excluding carboxylic acids is 1. The molecular weight excluding hydrogens is 278 g/mol. The molecule has 1 aromatic carbocycles. The van der Waals surface area contributed by atoms with Crippen LogP contribution in [0.4, 0.5) is 0 Å². The van der Waals surface area contributed by atoms with E-state index in [0.717, 1.165) is 18.7 Å². The second-order valence-electron chi connectivity index (χ2n) is 4.77. The summed E-state index contributed by atoms with van der Waals surface area (Å²) in [7, 11) is -3.62. The summed E-state index contributed by atoms with van der Waals surface area (Å²) in [6, 6.07) is 6.53. The fraction of sp³-hybridized carbons (Fsp3) is 0.462. The Balaban J connectivity index is 1.95. The summed E-state index contributed by atoms with van der Waals surface area (Å²) in [5, 5.41) is 3.14. The monoisotopic (exact) mass is 297 g/mol. The van der Waals surface area contributed by atoms with Crippen LogP contribution in [0, 0.1) is 6.92 Å². The molecule has 1 amide bonds. The SMILES string of the molecule is Cc1ccc(S(=O)(=O)NCC(=O)N2CCNCC2)cc1. The molecule has 0 unspecified atom stereocenters. The zero-order valence-electron chi connectivity index (χ0n) is 11.4. The molecule has 2 rings (SSSR count). The molecule has 1 aromatic rings. The van der Waals surface area contributed by atoms with Crippen LogP contribution in [-0.2, 0) is 14.8 Å². The van der Waals surface area contributed by atoms with E-state index in [1.807, 2.05) is 6.92 Å². The van der Waals surface area contributed by atoms with Crippen LogP contribution in [0.3, 0.4) is 0 Å². The summed E-state index contributed by atoms with van der Waals surface area (Å²) in [5.74, 6) is -0.192. The Bertz CT molecular complexity index is 563. The van der Waals surface area contributed by atoms with Crippen LogP contribution in [-0.4, -0.2) is 51.9 Å². The quantitative estimate of drug-likeness (QED) is 0.800. The predicted octanol–water partition coefficient (Wildman–Crippen LogP) is -0.295. The molecule has 0 aliphatic carbocycles. The van der Waals surface area contributed by atoms with Crippen LogP contribution >= 0.6 is 0 Å². The van der Waals surface area contributed by atoms with Gasteiger partial charge in [0.25, 0.3) is 0 Å². The molecule has 0 atom stereocenters. The number of nitrogens with one attached hydrogen (secondary N) is 2. The number of nitrogens with zero attached hydrogens (tertiary/aromatic N) is 1. The van der Waals surface area contributed by atoms with E-state index in [4.69, 9.17) is 0 Å². The molecule has 110 valence electrons. The third-order valence-electron chi connectivity index (χ3n) is 3.21. The lowest BCUT2D eigenvalue weighted by molar-refractivity contribution is -0.130. The first-order valence-corrected chi connectivity index (χ1v) is 8.02. The molecule has 0 spiro atoms. The Morgan fingerprint density at radius 1 is 1.25 bits per heavy atom. The molecule has 0 bridgehead atoms. The van der Waals surface area contributed by atoms with E-state index in [1.54, 1.807) is 17.0 Å². The van der Waals surface area contributed by atoms with Crippen molar-refractivity contribution in [3.8, 4) is 0 Å². The smallest absolute Gasteiger partial charge is 0.241 e. The fourth-order valence-corrected chi connectivity index (χ4v) is 2.96. The minimum Gasteiger partial charge on any atom is -0.339 e. The van der Waals surface area contributed by atoms with Crippen molar-refractivity contribution in [2.75, 3.05) is 32.7 Å². The van der Waals surface area contributed by atoms with Gasteiger partial charge in [0.2, 0.25) is 15.9 Å². The summed E-state index contributed by atoms with van der Waals surface area (Å²) in [4.78, 5) is 13.7. The van der Waals surface area contributed by atoms with Crippen LogP contribution in [0.2, 0.25) is 0 Å². The molecule has 1 heterocycles. The number of benzene rings is 1. The third kappa shape index (κ3) is 3.78. The van der Waals surface area contributed by atoms with Gasteiger partial charge in [0.15, 0.2) is 0 Å². The van der Waals surface area contributed by atoms with E-state index in [1.165, 1.54) is 12.1 Å². The van der Waals surface area contributed by atoms with Gasteiger partial charge in [-0.1, -0.05) is 17.7 Å². The molecule has 0 radical (unpaired) electrons. The van der Waals surface area contributed by atoms with Gasteiger partial charge in [0.05, 0.1) is 11.4 Å². The first kappa shape index (κ1) is 15.0. The topological polar surface area (TPSA) is 78.5 Å². The van der Waals surface area contributed by atoms with Crippen LogP contribution < -0.4 is 10.0 Å². The molecular formula is C13H19N3O3S. The van der Waals surface area contributed by atoms with E-state index in [2.05, 4.69) is 10.0 Å². The number of carbonyl (C=O) groups is 1. The second-order valence-corrected chi connectivity index (χ2v) is 6.54. The van der Waals surface area contributed by atoms with Crippen molar-refractivity contribution in [1.29, 1.82) is 0 Å².